The molecule has 0 saturated carbocycles. The van der Waals surface area contributed by atoms with Crippen molar-refractivity contribution in [2.75, 3.05) is 37.5 Å². The largest absolute Gasteiger partial charge is 0.482 e. The van der Waals surface area contributed by atoms with Gasteiger partial charge in [-0.2, -0.15) is 0 Å². The molecule has 0 spiro atoms. The van der Waals surface area contributed by atoms with Gasteiger partial charge in [-0.25, -0.2) is 4.79 Å². The fraction of sp³-hybridized carbons (Fsp3) is 0.269. The van der Waals surface area contributed by atoms with E-state index in [9.17, 15) is 4.79 Å². The number of benzene rings is 3. The lowest BCUT2D eigenvalue weighted by Gasteiger charge is -2.22. The van der Waals surface area contributed by atoms with Crippen molar-refractivity contribution in [3.63, 3.8) is 0 Å². The Kier molecular flexibility index (Phi) is 7.15. The van der Waals surface area contributed by atoms with Crippen LogP contribution in [0.25, 0.3) is 0 Å². The lowest BCUT2D eigenvalue weighted by molar-refractivity contribution is -0.142. The van der Waals surface area contributed by atoms with E-state index in [1.807, 2.05) is 23.9 Å². The first kappa shape index (κ1) is 21.3. The Bertz CT molecular complexity index is 955. The average molecular weight is 434 g/mol. The highest BCUT2D eigenvalue weighted by atomic mass is 32.2. The van der Waals surface area contributed by atoms with E-state index in [1.54, 1.807) is 0 Å². The first-order chi connectivity index (χ1) is 15.3. The van der Waals surface area contributed by atoms with Gasteiger partial charge in [0.2, 0.25) is 0 Å². The van der Waals surface area contributed by atoms with Gasteiger partial charge in [-0.15, -0.1) is 11.8 Å². The Morgan fingerprint density at radius 3 is 2.29 bits per heavy atom. The molecule has 4 rings (SSSR count). The molecule has 3 aromatic rings. The molecule has 1 aliphatic heterocycles. The van der Waals surface area contributed by atoms with Crippen LogP contribution >= 0.6 is 11.8 Å². The van der Waals surface area contributed by atoms with Crippen molar-refractivity contribution < 1.29 is 14.3 Å². The number of ether oxygens (including phenoxy) is 2. The van der Waals surface area contributed by atoms with Crippen LogP contribution in [-0.4, -0.2) is 38.5 Å². The van der Waals surface area contributed by atoms with Gasteiger partial charge in [0.25, 0.3) is 0 Å². The number of anilines is 1. The lowest BCUT2D eigenvalue weighted by atomic mass is 10.0. The van der Waals surface area contributed by atoms with Crippen molar-refractivity contribution in [3.8, 4) is 5.75 Å². The minimum Gasteiger partial charge on any atom is -0.482 e. The summed E-state index contributed by atoms with van der Waals surface area (Å²) in [6, 6.07) is 27.5. The molecule has 0 saturated heterocycles. The summed E-state index contributed by atoms with van der Waals surface area (Å²) < 4.78 is 10.4. The fourth-order valence-electron chi connectivity index (χ4n) is 3.95. The van der Waals surface area contributed by atoms with E-state index in [0.717, 1.165) is 31.0 Å². The Hall–Kier alpha value is -2.92. The average Bonchev–Trinajstić information content (AvgIpc) is 3.25. The Labute approximate surface area is 188 Å². The normalized spacial score (nSPS) is 12.6. The molecule has 0 atom stereocenters. The summed E-state index contributed by atoms with van der Waals surface area (Å²) in [5, 5.41) is 0.319. The first-order valence-corrected chi connectivity index (χ1v) is 11.6. The van der Waals surface area contributed by atoms with E-state index in [1.165, 1.54) is 29.5 Å². The van der Waals surface area contributed by atoms with Gasteiger partial charge in [0.15, 0.2) is 6.61 Å². The first-order valence-electron chi connectivity index (χ1n) is 10.5. The second-order valence-electron chi connectivity index (χ2n) is 7.43. The zero-order valence-electron chi connectivity index (χ0n) is 17.7. The highest BCUT2D eigenvalue weighted by Crippen LogP contribution is 2.38. The number of methoxy groups -OCH3 is 1. The molecule has 1 aliphatic rings. The van der Waals surface area contributed by atoms with Crippen molar-refractivity contribution in [2.24, 2.45) is 0 Å². The van der Waals surface area contributed by atoms with Gasteiger partial charge in [-0.05, 0) is 29.7 Å². The van der Waals surface area contributed by atoms with Crippen molar-refractivity contribution in [1.82, 2.24) is 0 Å². The van der Waals surface area contributed by atoms with Crippen LogP contribution in [0.3, 0.4) is 0 Å². The molecule has 0 N–H and O–H groups in total. The van der Waals surface area contributed by atoms with E-state index in [-0.39, 0.29) is 12.6 Å². The van der Waals surface area contributed by atoms with Gasteiger partial charge in [-0.1, -0.05) is 66.7 Å². The predicted molar refractivity (Wildman–Crippen MR) is 127 cm³/mol. The monoisotopic (exact) mass is 433 g/mol. The van der Waals surface area contributed by atoms with Crippen LogP contribution < -0.4 is 9.64 Å². The molecule has 0 unspecified atom stereocenters. The molecule has 1 heterocycles. The van der Waals surface area contributed by atoms with Crippen LogP contribution in [0.15, 0.2) is 78.9 Å². The summed E-state index contributed by atoms with van der Waals surface area (Å²) in [7, 11) is 1.37. The maximum atomic E-state index is 11.4. The van der Waals surface area contributed by atoms with Crippen LogP contribution in [0.4, 0.5) is 5.69 Å². The van der Waals surface area contributed by atoms with Crippen molar-refractivity contribution in [3.05, 3.63) is 95.6 Å². The van der Waals surface area contributed by atoms with Crippen molar-refractivity contribution in [2.45, 2.75) is 11.7 Å². The van der Waals surface area contributed by atoms with Crippen LogP contribution in [0.5, 0.6) is 5.75 Å². The third kappa shape index (κ3) is 5.23. The molecule has 160 valence electrons. The number of hydrogen-bond acceptors (Lipinski definition) is 5. The number of carbonyl (C=O) groups excluding carboxylic acids is 1. The van der Waals surface area contributed by atoms with Gasteiger partial charge in [0.1, 0.15) is 5.75 Å². The van der Waals surface area contributed by atoms with Gasteiger partial charge in [0, 0.05) is 30.1 Å². The Balaban J connectivity index is 1.42. The number of carbonyl (C=O) groups is 1. The molecule has 4 nitrogen and oxygen atoms in total. The third-order valence-corrected chi connectivity index (χ3v) is 6.80. The zero-order chi connectivity index (χ0) is 21.5. The Morgan fingerprint density at radius 1 is 0.968 bits per heavy atom. The van der Waals surface area contributed by atoms with E-state index >= 15 is 0 Å². The molecular formula is C26H27NO3S. The van der Waals surface area contributed by atoms with Gasteiger partial charge in [0.05, 0.1) is 12.4 Å². The molecule has 3 aromatic carbocycles. The summed E-state index contributed by atoms with van der Waals surface area (Å²) in [6.07, 6.45) is 0.929. The van der Waals surface area contributed by atoms with Gasteiger partial charge in [-0.3, -0.25) is 0 Å². The minimum atomic E-state index is -0.364. The highest BCUT2D eigenvalue weighted by Gasteiger charge is 2.23. The molecule has 5 heteroatoms. The molecule has 0 fully saturated rings. The SMILES string of the molecule is COC(=O)COc1cccc2c1CCN2CCSC(c1ccccc1)c1ccccc1. The molecule has 31 heavy (non-hydrogen) atoms. The summed E-state index contributed by atoms with van der Waals surface area (Å²) >= 11 is 1.98. The van der Waals surface area contributed by atoms with Crippen LogP contribution in [0, 0.1) is 0 Å². The zero-order valence-corrected chi connectivity index (χ0v) is 18.5. The lowest BCUT2D eigenvalue weighted by Crippen LogP contribution is -2.23. The standard InChI is InChI=1S/C26H27NO3S/c1-29-25(28)19-30-24-14-8-13-23-22(24)15-16-27(23)17-18-31-26(20-9-4-2-5-10-20)21-11-6-3-7-12-21/h2-14,26H,15-19H2,1H3. The highest BCUT2D eigenvalue weighted by molar-refractivity contribution is 7.99. The molecule has 0 radical (unpaired) electrons. The minimum absolute atomic E-state index is 0.0569. The number of esters is 1. The van der Waals surface area contributed by atoms with Gasteiger partial charge < -0.3 is 14.4 Å². The molecular weight excluding hydrogens is 406 g/mol. The molecule has 0 amide bonds. The Morgan fingerprint density at radius 2 is 1.65 bits per heavy atom. The third-order valence-electron chi connectivity index (χ3n) is 5.50. The van der Waals surface area contributed by atoms with Crippen molar-refractivity contribution >= 4 is 23.4 Å². The molecule has 0 aromatic heterocycles. The number of rotatable bonds is 9. The van der Waals surface area contributed by atoms with E-state index in [4.69, 9.17) is 4.74 Å². The number of hydrogen-bond donors (Lipinski definition) is 0. The number of thioether (sulfide) groups is 1. The predicted octanol–water partition coefficient (Wildman–Crippen LogP) is 5.12. The molecule has 0 bridgehead atoms. The van der Waals surface area contributed by atoms with Gasteiger partial charge >= 0.3 is 5.97 Å². The molecule has 0 aliphatic carbocycles. The quantitative estimate of drug-likeness (QED) is 0.438. The van der Waals surface area contributed by atoms with Crippen LogP contribution in [-0.2, 0) is 16.0 Å². The maximum absolute atomic E-state index is 11.4. The van der Waals surface area contributed by atoms with E-state index < -0.39 is 0 Å². The summed E-state index contributed by atoms with van der Waals surface area (Å²) in [6.45, 7) is 1.88. The maximum Gasteiger partial charge on any atom is 0.343 e. The summed E-state index contributed by atoms with van der Waals surface area (Å²) in [5.41, 5.74) is 5.05. The van der Waals surface area contributed by atoms with E-state index in [0.29, 0.717) is 5.25 Å². The number of nitrogens with zero attached hydrogens (tertiary/aromatic N) is 1. The second-order valence-corrected chi connectivity index (χ2v) is 8.64. The van der Waals surface area contributed by atoms with E-state index in [2.05, 4.69) is 76.4 Å². The summed E-state index contributed by atoms with van der Waals surface area (Å²) in [5.74, 6) is 1.43. The van der Waals surface area contributed by atoms with Crippen molar-refractivity contribution in [1.29, 1.82) is 0 Å². The van der Waals surface area contributed by atoms with Crippen LogP contribution in [0.1, 0.15) is 21.9 Å². The summed E-state index contributed by atoms with van der Waals surface area (Å²) in [4.78, 5) is 13.8. The number of fused-ring (bicyclic) bond motifs is 1. The smallest absolute Gasteiger partial charge is 0.343 e. The fourth-order valence-corrected chi connectivity index (χ4v) is 5.21. The topological polar surface area (TPSA) is 38.8 Å². The second kappa shape index (κ2) is 10.4. The van der Waals surface area contributed by atoms with Crippen LogP contribution in [0.2, 0.25) is 0 Å².